The topological polar surface area (TPSA) is 114 Å². The number of nitrogens with one attached hydrogen (secondary N) is 3. The standard InChI is InChI=1S/C25H27N3O5S/c1-17-7-6-8-20(15-17)28-34(31,32)23-16-19(12-11-18(23)2)24(29)27-22-10-5-4-9-21(22)25(30)26-13-14-33-3/h4-12,15-16,28H,13-14H2,1-3H3,(H,26,30)(H,27,29). The second-order valence-corrected chi connectivity index (χ2v) is 9.35. The number of hydrogen-bond acceptors (Lipinski definition) is 5. The Balaban J connectivity index is 1.84. The van der Waals surface area contributed by atoms with Gasteiger partial charge in [-0.3, -0.25) is 14.3 Å². The van der Waals surface area contributed by atoms with Crippen molar-refractivity contribution in [2.24, 2.45) is 0 Å². The molecule has 8 nitrogen and oxygen atoms in total. The van der Waals surface area contributed by atoms with Crippen molar-refractivity contribution in [2.75, 3.05) is 30.3 Å². The summed E-state index contributed by atoms with van der Waals surface area (Å²) >= 11 is 0. The molecule has 3 N–H and O–H groups in total. The molecular formula is C25H27N3O5S. The Bertz CT molecular complexity index is 1310. The molecule has 34 heavy (non-hydrogen) atoms. The van der Waals surface area contributed by atoms with Crippen LogP contribution in [0.1, 0.15) is 31.8 Å². The first-order valence-corrected chi connectivity index (χ1v) is 12.1. The van der Waals surface area contributed by atoms with Crippen LogP contribution in [0.15, 0.2) is 71.6 Å². The molecule has 0 saturated carbocycles. The molecule has 0 aliphatic carbocycles. The Morgan fingerprint density at radius 2 is 1.68 bits per heavy atom. The number of aryl methyl sites for hydroxylation is 2. The quantitative estimate of drug-likeness (QED) is 0.403. The van der Waals surface area contributed by atoms with E-state index in [-0.39, 0.29) is 21.9 Å². The summed E-state index contributed by atoms with van der Waals surface area (Å²) in [5.74, 6) is -0.897. The van der Waals surface area contributed by atoms with Crippen LogP contribution < -0.4 is 15.4 Å². The number of benzene rings is 3. The summed E-state index contributed by atoms with van der Waals surface area (Å²) in [5, 5.41) is 5.42. The molecule has 3 aromatic rings. The van der Waals surface area contributed by atoms with E-state index in [2.05, 4.69) is 15.4 Å². The summed E-state index contributed by atoms with van der Waals surface area (Å²) in [6, 6.07) is 18.0. The fraction of sp³-hybridized carbons (Fsp3) is 0.200. The summed E-state index contributed by atoms with van der Waals surface area (Å²) in [4.78, 5) is 25.4. The predicted octanol–water partition coefficient (Wildman–Crippen LogP) is 3.73. The second-order valence-electron chi connectivity index (χ2n) is 7.70. The maximum absolute atomic E-state index is 13.0. The van der Waals surface area contributed by atoms with Crippen molar-refractivity contribution in [1.29, 1.82) is 0 Å². The monoisotopic (exact) mass is 481 g/mol. The molecule has 2 amide bonds. The number of hydrogen-bond donors (Lipinski definition) is 3. The highest BCUT2D eigenvalue weighted by atomic mass is 32.2. The van der Waals surface area contributed by atoms with Crippen molar-refractivity contribution < 1.29 is 22.7 Å². The van der Waals surface area contributed by atoms with Gasteiger partial charge in [-0.2, -0.15) is 0 Å². The summed E-state index contributed by atoms with van der Waals surface area (Å²) < 4.78 is 33.6. The Kier molecular flexibility index (Phi) is 8.04. The van der Waals surface area contributed by atoms with Crippen molar-refractivity contribution in [1.82, 2.24) is 5.32 Å². The number of anilines is 2. The third-order valence-electron chi connectivity index (χ3n) is 5.02. The molecule has 0 radical (unpaired) electrons. The lowest BCUT2D eigenvalue weighted by atomic mass is 10.1. The van der Waals surface area contributed by atoms with Gasteiger partial charge in [-0.1, -0.05) is 30.3 Å². The maximum Gasteiger partial charge on any atom is 0.262 e. The van der Waals surface area contributed by atoms with Crippen LogP contribution in [0.4, 0.5) is 11.4 Å². The average molecular weight is 482 g/mol. The molecule has 0 bridgehead atoms. The Hall–Kier alpha value is -3.69. The first-order valence-electron chi connectivity index (χ1n) is 10.6. The summed E-state index contributed by atoms with van der Waals surface area (Å²) in [7, 11) is -2.40. The van der Waals surface area contributed by atoms with Crippen molar-refractivity contribution in [3.05, 3.63) is 89.0 Å². The third-order valence-corrected chi connectivity index (χ3v) is 6.55. The first kappa shape index (κ1) is 24.9. The summed E-state index contributed by atoms with van der Waals surface area (Å²) in [6.45, 7) is 4.21. The van der Waals surface area contributed by atoms with E-state index in [1.807, 2.05) is 13.0 Å². The molecule has 0 unspecified atom stereocenters. The van der Waals surface area contributed by atoms with Crippen molar-refractivity contribution in [3.8, 4) is 0 Å². The van der Waals surface area contributed by atoms with Crippen LogP contribution in [0.3, 0.4) is 0 Å². The van der Waals surface area contributed by atoms with Gasteiger partial charge in [0.25, 0.3) is 21.8 Å². The lowest BCUT2D eigenvalue weighted by Crippen LogP contribution is -2.28. The Morgan fingerprint density at radius 3 is 2.41 bits per heavy atom. The van der Waals surface area contributed by atoms with Gasteiger partial charge in [0.1, 0.15) is 0 Å². The van der Waals surface area contributed by atoms with E-state index in [0.29, 0.717) is 30.1 Å². The van der Waals surface area contributed by atoms with Crippen LogP contribution in [0.5, 0.6) is 0 Å². The number of ether oxygens (including phenoxy) is 1. The SMILES string of the molecule is COCCNC(=O)c1ccccc1NC(=O)c1ccc(C)c(S(=O)(=O)Nc2cccc(C)c2)c1. The average Bonchev–Trinajstić information content (AvgIpc) is 2.79. The number of para-hydroxylation sites is 1. The number of carbonyl (C=O) groups is 2. The van der Waals surface area contributed by atoms with Gasteiger partial charge in [-0.25, -0.2) is 8.42 Å². The summed E-state index contributed by atoms with van der Waals surface area (Å²) in [5.41, 5.74) is 2.58. The smallest absolute Gasteiger partial charge is 0.262 e. The minimum Gasteiger partial charge on any atom is -0.383 e. The van der Waals surface area contributed by atoms with Gasteiger partial charge in [-0.15, -0.1) is 0 Å². The fourth-order valence-corrected chi connectivity index (χ4v) is 4.62. The molecule has 0 spiro atoms. The van der Waals surface area contributed by atoms with Gasteiger partial charge in [0, 0.05) is 24.9 Å². The van der Waals surface area contributed by atoms with Crippen LogP contribution in [-0.2, 0) is 14.8 Å². The zero-order valence-corrected chi connectivity index (χ0v) is 20.0. The Labute approximate surface area is 199 Å². The van der Waals surface area contributed by atoms with Gasteiger partial charge in [0.15, 0.2) is 0 Å². The molecule has 0 fully saturated rings. The van der Waals surface area contributed by atoms with Gasteiger partial charge in [-0.05, 0) is 61.4 Å². The van der Waals surface area contributed by atoms with E-state index in [1.54, 1.807) is 55.5 Å². The molecule has 0 aliphatic heterocycles. The normalized spacial score (nSPS) is 11.0. The lowest BCUT2D eigenvalue weighted by Gasteiger charge is -2.14. The number of carbonyl (C=O) groups excluding carboxylic acids is 2. The fourth-order valence-electron chi connectivity index (χ4n) is 3.30. The maximum atomic E-state index is 13.0. The van der Waals surface area contributed by atoms with Crippen LogP contribution in [0, 0.1) is 13.8 Å². The number of rotatable bonds is 9. The minimum atomic E-state index is -3.93. The molecule has 9 heteroatoms. The highest BCUT2D eigenvalue weighted by Gasteiger charge is 2.20. The van der Waals surface area contributed by atoms with Crippen LogP contribution in [-0.4, -0.2) is 40.5 Å². The van der Waals surface area contributed by atoms with Crippen LogP contribution in [0.25, 0.3) is 0 Å². The molecule has 0 heterocycles. The summed E-state index contributed by atoms with van der Waals surface area (Å²) in [6.07, 6.45) is 0. The van der Waals surface area contributed by atoms with Crippen LogP contribution >= 0.6 is 0 Å². The van der Waals surface area contributed by atoms with Gasteiger partial charge in [0.2, 0.25) is 0 Å². The van der Waals surface area contributed by atoms with E-state index in [0.717, 1.165) is 5.56 Å². The first-order chi connectivity index (χ1) is 16.2. The molecule has 0 aliphatic rings. The Morgan fingerprint density at radius 1 is 0.912 bits per heavy atom. The second kappa shape index (κ2) is 11.0. The minimum absolute atomic E-state index is 0.00718. The van der Waals surface area contributed by atoms with E-state index < -0.39 is 15.9 Å². The largest absolute Gasteiger partial charge is 0.383 e. The van der Waals surface area contributed by atoms with Crippen LogP contribution in [0.2, 0.25) is 0 Å². The van der Waals surface area contributed by atoms with Crippen molar-refractivity contribution >= 4 is 33.2 Å². The molecule has 0 atom stereocenters. The molecule has 0 aromatic heterocycles. The highest BCUT2D eigenvalue weighted by Crippen LogP contribution is 2.23. The zero-order chi connectivity index (χ0) is 24.7. The van der Waals surface area contributed by atoms with Crippen molar-refractivity contribution in [2.45, 2.75) is 18.7 Å². The van der Waals surface area contributed by atoms with E-state index in [1.165, 1.54) is 19.2 Å². The lowest BCUT2D eigenvalue weighted by molar-refractivity contribution is 0.0938. The molecule has 178 valence electrons. The van der Waals surface area contributed by atoms with E-state index in [9.17, 15) is 18.0 Å². The van der Waals surface area contributed by atoms with Gasteiger partial charge in [0.05, 0.1) is 22.8 Å². The predicted molar refractivity (Wildman–Crippen MR) is 132 cm³/mol. The highest BCUT2D eigenvalue weighted by molar-refractivity contribution is 7.92. The molecule has 3 rings (SSSR count). The van der Waals surface area contributed by atoms with Gasteiger partial charge >= 0.3 is 0 Å². The molecular weight excluding hydrogens is 454 g/mol. The molecule has 3 aromatic carbocycles. The van der Waals surface area contributed by atoms with Crippen molar-refractivity contribution in [3.63, 3.8) is 0 Å². The van der Waals surface area contributed by atoms with E-state index >= 15 is 0 Å². The van der Waals surface area contributed by atoms with E-state index in [4.69, 9.17) is 4.74 Å². The number of amides is 2. The van der Waals surface area contributed by atoms with Gasteiger partial charge < -0.3 is 15.4 Å². The number of sulfonamides is 1. The number of methoxy groups -OCH3 is 1. The third kappa shape index (κ3) is 6.21. The zero-order valence-electron chi connectivity index (χ0n) is 19.2. The molecule has 0 saturated heterocycles.